The maximum atomic E-state index is 12.1. The summed E-state index contributed by atoms with van der Waals surface area (Å²) < 4.78 is -0.595. The molecule has 0 radical (unpaired) electrons. The summed E-state index contributed by atoms with van der Waals surface area (Å²) in [5.41, 5.74) is 0. The molecular formula is C11H19BrN2O2. The van der Waals surface area contributed by atoms with Crippen LogP contribution in [0.5, 0.6) is 0 Å². The van der Waals surface area contributed by atoms with Crippen molar-refractivity contribution in [2.75, 3.05) is 20.6 Å². The third-order valence-corrected chi connectivity index (χ3v) is 3.09. The molecule has 0 aliphatic carbocycles. The molecule has 1 aliphatic rings. The number of carbonyl (C=O) groups is 2. The Kier molecular flexibility index (Phi) is 3.99. The number of rotatable bonds is 2. The number of likely N-dealkylation sites (N-methyl/N-ethyl adjacent to an activating group) is 1. The average molecular weight is 291 g/mol. The minimum absolute atomic E-state index is 0.00907. The van der Waals surface area contributed by atoms with E-state index in [1.807, 2.05) is 13.8 Å². The minimum atomic E-state index is -0.595. The van der Waals surface area contributed by atoms with Crippen molar-refractivity contribution < 1.29 is 9.59 Å². The Morgan fingerprint density at radius 3 is 2.38 bits per heavy atom. The molecule has 0 aromatic rings. The van der Waals surface area contributed by atoms with Crippen molar-refractivity contribution in [3.05, 3.63) is 0 Å². The summed E-state index contributed by atoms with van der Waals surface area (Å²) in [4.78, 5) is 27.3. The number of alkyl halides is 1. The Balaban J connectivity index is 2.81. The Morgan fingerprint density at radius 2 is 1.94 bits per heavy atom. The van der Waals surface area contributed by atoms with E-state index >= 15 is 0 Å². The van der Waals surface area contributed by atoms with Gasteiger partial charge in [0.2, 0.25) is 11.8 Å². The maximum absolute atomic E-state index is 12.1. The fourth-order valence-corrected chi connectivity index (χ4v) is 2.13. The zero-order valence-electron chi connectivity index (χ0n) is 10.3. The van der Waals surface area contributed by atoms with Gasteiger partial charge in [-0.05, 0) is 26.7 Å². The van der Waals surface area contributed by atoms with E-state index in [0.717, 1.165) is 12.8 Å². The quantitative estimate of drug-likeness (QED) is 0.718. The first-order chi connectivity index (χ1) is 7.25. The SMILES string of the molecule is CN(C)C(=O)C1CCCN1C(=O)C(C)(C)Br. The molecule has 1 rings (SSSR count). The molecule has 0 N–H and O–H groups in total. The first-order valence-corrected chi connectivity index (χ1v) is 6.25. The van der Waals surface area contributed by atoms with Gasteiger partial charge in [-0.1, -0.05) is 15.9 Å². The van der Waals surface area contributed by atoms with Crippen molar-refractivity contribution in [2.24, 2.45) is 0 Å². The standard InChI is InChI=1S/C11H19BrN2O2/c1-11(2,12)10(16)14-7-5-6-8(14)9(15)13(3)4/h8H,5-7H2,1-4H3. The lowest BCUT2D eigenvalue weighted by atomic mass is 10.1. The first kappa shape index (κ1) is 13.5. The zero-order chi connectivity index (χ0) is 12.5. The molecule has 92 valence electrons. The third kappa shape index (κ3) is 2.75. The van der Waals surface area contributed by atoms with Crippen LogP contribution in [-0.2, 0) is 9.59 Å². The summed E-state index contributed by atoms with van der Waals surface area (Å²) in [5, 5.41) is 0. The summed E-state index contributed by atoms with van der Waals surface area (Å²) >= 11 is 3.35. The topological polar surface area (TPSA) is 40.6 Å². The van der Waals surface area contributed by atoms with Gasteiger partial charge in [-0.15, -0.1) is 0 Å². The molecule has 1 heterocycles. The Labute approximate surface area is 105 Å². The molecule has 16 heavy (non-hydrogen) atoms. The van der Waals surface area contributed by atoms with Gasteiger partial charge in [-0.3, -0.25) is 9.59 Å². The van der Waals surface area contributed by atoms with Gasteiger partial charge in [0.25, 0.3) is 0 Å². The van der Waals surface area contributed by atoms with Crippen LogP contribution in [0.15, 0.2) is 0 Å². The number of likely N-dealkylation sites (tertiary alicyclic amines) is 1. The van der Waals surface area contributed by atoms with E-state index in [9.17, 15) is 9.59 Å². The molecule has 1 saturated heterocycles. The molecule has 0 spiro atoms. The maximum Gasteiger partial charge on any atom is 0.244 e. The van der Waals surface area contributed by atoms with Crippen molar-refractivity contribution in [3.63, 3.8) is 0 Å². The van der Waals surface area contributed by atoms with Crippen LogP contribution >= 0.6 is 15.9 Å². The second kappa shape index (κ2) is 4.73. The molecule has 0 bridgehead atoms. The second-order valence-electron chi connectivity index (χ2n) is 4.86. The smallest absolute Gasteiger partial charge is 0.244 e. The lowest BCUT2D eigenvalue weighted by Gasteiger charge is -2.30. The molecule has 0 aromatic carbocycles. The molecule has 2 amide bonds. The highest BCUT2D eigenvalue weighted by molar-refractivity contribution is 9.10. The molecule has 1 aliphatic heterocycles. The van der Waals surface area contributed by atoms with Crippen LogP contribution in [0.3, 0.4) is 0 Å². The molecule has 1 unspecified atom stereocenters. The van der Waals surface area contributed by atoms with Crippen molar-refractivity contribution in [1.82, 2.24) is 9.80 Å². The van der Waals surface area contributed by atoms with Crippen LogP contribution in [0.4, 0.5) is 0 Å². The molecule has 1 atom stereocenters. The van der Waals surface area contributed by atoms with E-state index in [-0.39, 0.29) is 17.9 Å². The molecule has 4 nitrogen and oxygen atoms in total. The number of carbonyl (C=O) groups excluding carboxylic acids is 2. The van der Waals surface area contributed by atoms with Gasteiger partial charge < -0.3 is 9.80 Å². The summed E-state index contributed by atoms with van der Waals surface area (Å²) in [6.07, 6.45) is 1.67. The average Bonchev–Trinajstić information content (AvgIpc) is 2.61. The number of halogens is 1. The lowest BCUT2D eigenvalue weighted by molar-refractivity contribution is -0.143. The Bertz CT molecular complexity index is 297. The summed E-state index contributed by atoms with van der Waals surface area (Å²) in [6.45, 7) is 4.30. The zero-order valence-corrected chi connectivity index (χ0v) is 11.9. The van der Waals surface area contributed by atoms with Crippen LogP contribution in [-0.4, -0.2) is 52.6 Å². The fourth-order valence-electron chi connectivity index (χ4n) is 1.91. The van der Waals surface area contributed by atoms with Crippen molar-refractivity contribution >= 4 is 27.7 Å². The Morgan fingerprint density at radius 1 is 1.38 bits per heavy atom. The molecule has 0 saturated carbocycles. The fraction of sp³-hybridized carbons (Fsp3) is 0.818. The van der Waals surface area contributed by atoms with Gasteiger partial charge >= 0.3 is 0 Å². The number of nitrogens with zero attached hydrogens (tertiary/aromatic N) is 2. The predicted octanol–water partition coefficient (Wildman–Crippen LogP) is 1.24. The van der Waals surface area contributed by atoms with Gasteiger partial charge in [-0.2, -0.15) is 0 Å². The summed E-state index contributed by atoms with van der Waals surface area (Å²) in [5.74, 6) is 0.00722. The van der Waals surface area contributed by atoms with Crippen LogP contribution in [0.1, 0.15) is 26.7 Å². The van der Waals surface area contributed by atoms with E-state index in [4.69, 9.17) is 0 Å². The highest BCUT2D eigenvalue weighted by Crippen LogP contribution is 2.26. The Hall–Kier alpha value is -0.580. The van der Waals surface area contributed by atoms with Gasteiger partial charge in [-0.25, -0.2) is 0 Å². The van der Waals surface area contributed by atoms with E-state index in [1.54, 1.807) is 23.9 Å². The normalized spacial score (nSPS) is 21.1. The minimum Gasteiger partial charge on any atom is -0.347 e. The van der Waals surface area contributed by atoms with Crippen molar-refractivity contribution in [2.45, 2.75) is 37.1 Å². The van der Waals surface area contributed by atoms with Crippen molar-refractivity contribution in [3.8, 4) is 0 Å². The monoisotopic (exact) mass is 290 g/mol. The largest absolute Gasteiger partial charge is 0.347 e. The molecule has 1 fully saturated rings. The lowest BCUT2D eigenvalue weighted by Crippen LogP contribution is -2.50. The van der Waals surface area contributed by atoms with Crippen LogP contribution in [0.25, 0.3) is 0 Å². The van der Waals surface area contributed by atoms with E-state index in [1.165, 1.54) is 0 Å². The van der Waals surface area contributed by atoms with Crippen LogP contribution < -0.4 is 0 Å². The number of hydrogen-bond donors (Lipinski definition) is 0. The van der Waals surface area contributed by atoms with E-state index in [2.05, 4.69) is 15.9 Å². The van der Waals surface area contributed by atoms with Gasteiger partial charge in [0, 0.05) is 20.6 Å². The molecule has 5 heteroatoms. The van der Waals surface area contributed by atoms with E-state index in [0.29, 0.717) is 6.54 Å². The predicted molar refractivity (Wildman–Crippen MR) is 66.4 cm³/mol. The van der Waals surface area contributed by atoms with Crippen LogP contribution in [0, 0.1) is 0 Å². The highest BCUT2D eigenvalue weighted by Gasteiger charge is 2.39. The summed E-state index contributed by atoms with van der Waals surface area (Å²) in [7, 11) is 3.45. The van der Waals surface area contributed by atoms with Crippen molar-refractivity contribution in [1.29, 1.82) is 0 Å². The molecule has 0 aromatic heterocycles. The number of hydrogen-bond acceptors (Lipinski definition) is 2. The second-order valence-corrected chi connectivity index (χ2v) is 6.84. The first-order valence-electron chi connectivity index (χ1n) is 5.46. The van der Waals surface area contributed by atoms with Crippen LogP contribution in [0.2, 0.25) is 0 Å². The summed E-state index contributed by atoms with van der Waals surface area (Å²) in [6, 6.07) is -0.278. The highest BCUT2D eigenvalue weighted by atomic mass is 79.9. The van der Waals surface area contributed by atoms with Gasteiger partial charge in [0.05, 0.1) is 4.32 Å². The molecular weight excluding hydrogens is 272 g/mol. The van der Waals surface area contributed by atoms with E-state index < -0.39 is 4.32 Å². The van der Waals surface area contributed by atoms with Gasteiger partial charge in [0.15, 0.2) is 0 Å². The van der Waals surface area contributed by atoms with Gasteiger partial charge in [0.1, 0.15) is 6.04 Å². The third-order valence-electron chi connectivity index (χ3n) is 2.75. The number of amides is 2.